The molecule has 0 bridgehead atoms. The predicted molar refractivity (Wildman–Crippen MR) is 79.8 cm³/mol. The monoisotopic (exact) mass is 283 g/mol. The SMILES string of the molecule is CC(c1ccc2ccccc2c1)N1CC(C(=O)O)CC1=O. The summed E-state index contributed by atoms with van der Waals surface area (Å²) >= 11 is 0. The Balaban J connectivity index is 1.88. The van der Waals surface area contributed by atoms with Crippen LogP contribution in [0, 0.1) is 5.92 Å². The van der Waals surface area contributed by atoms with Crippen molar-refractivity contribution in [1.82, 2.24) is 4.90 Å². The molecule has 4 heteroatoms. The van der Waals surface area contributed by atoms with E-state index in [4.69, 9.17) is 5.11 Å². The molecule has 1 amide bonds. The van der Waals surface area contributed by atoms with E-state index in [-0.39, 0.29) is 18.4 Å². The van der Waals surface area contributed by atoms with E-state index in [0.717, 1.165) is 16.3 Å². The summed E-state index contributed by atoms with van der Waals surface area (Å²) in [6, 6.07) is 14.1. The van der Waals surface area contributed by atoms with Crippen LogP contribution in [0.3, 0.4) is 0 Å². The van der Waals surface area contributed by atoms with Gasteiger partial charge in [0.05, 0.1) is 12.0 Å². The van der Waals surface area contributed by atoms with Gasteiger partial charge in [0.25, 0.3) is 0 Å². The van der Waals surface area contributed by atoms with Crippen molar-refractivity contribution in [3.63, 3.8) is 0 Å². The molecule has 0 saturated carbocycles. The summed E-state index contributed by atoms with van der Waals surface area (Å²) in [4.78, 5) is 24.7. The fourth-order valence-electron chi connectivity index (χ4n) is 2.92. The van der Waals surface area contributed by atoms with Crippen molar-refractivity contribution in [3.8, 4) is 0 Å². The number of benzene rings is 2. The molecule has 2 aromatic rings. The fraction of sp³-hybridized carbons (Fsp3) is 0.294. The first-order valence-corrected chi connectivity index (χ1v) is 7.07. The Hall–Kier alpha value is -2.36. The van der Waals surface area contributed by atoms with E-state index in [2.05, 4.69) is 6.07 Å². The Bertz CT molecular complexity index is 710. The molecule has 1 saturated heterocycles. The first-order chi connectivity index (χ1) is 10.1. The second-order valence-electron chi connectivity index (χ2n) is 5.57. The molecule has 0 aliphatic carbocycles. The number of nitrogens with zero attached hydrogens (tertiary/aromatic N) is 1. The Morgan fingerprint density at radius 1 is 1.24 bits per heavy atom. The van der Waals surface area contributed by atoms with Gasteiger partial charge >= 0.3 is 5.97 Å². The highest BCUT2D eigenvalue weighted by Gasteiger charge is 2.36. The number of carbonyl (C=O) groups is 2. The van der Waals surface area contributed by atoms with Crippen molar-refractivity contribution in [3.05, 3.63) is 48.0 Å². The third-order valence-electron chi connectivity index (χ3n) is 4.23. The van der Waals surface area contributed by atoms with Gasteiger partial charge in [0, 0.05) is 13.0 Å². The molecule has 4 nitrogen and oxygen atoms in total. The number of carboxylic acids is 1. The number of amides is 1. The lowest BCUT2D eigenvalue weighted by Crippen LogP contribution is -2.29. The standard InChI is InChI=1S/C17H17NO3/c1-11(18-10-15(17(20)21)9-16(18)19)13-7-6-12-4-2-3-5-14(12)8-13/h2-8,11,15H,9-10H2,1H3,(H,20,21). The molecule has 1 aliphatic rings. The van der Waals surface area contributed by atoms with E-state index in [1.165, 1.54) is 0 Å². The first-order valence-electron chi connectivity index (χ1n) is 7.07. The van der Waals surface area contributed by atoms with Gasteiger partial charge in [-0.1, -0.05) is 36.4 Å². The van der Waals surface area contributed by atoms with Gasteiger partial charge in [-0.25, -0.2) is 0 Å². The minimum absolute atomic E-state index is 0.0805. The Morgan fingerprint density at radius 3 is 2.62 bits per heavy atom. The summed E-state index contributed by atoms with van der Waals surface area (Å²) < 4.78 is 0. The van der Waals surface area contributed by atoms with Crippen molar-refractivity contribution >= 4 is 22.6 Å². The lowest BCUT2D eigenvalue weighted by molar-refractivity contribution is -0.141. The predicted octanol–water partition coefficient (Wildman–Crippen LogP) is 2.83. The van der Waals surface area contributed by atoms with Crippen LogP contribution in [0.4, 0.5) is 0 Å². The maximum absolute atomic E-state index is 12.0. The highest BCUT2D eigenvalue weighted by atomic mass is 16.4. The van der Waals surface area contributed by atoms with Crippen molar-refractivity contribution < 1.29 is 14.7 Å². The molecule has 0 radical (unpaired) electrons. The van der Waals surface area contributed by atoms with Gasteiger partial charge in [-0.05, 0) is 29.3 Å². The zero-order valence-electron chi connectivity index (χ0n) is 11.8. The van der Waals surface area contributed by atoms with Crippen molar-refractivity contribution in [2.24, 2.45) is 5.92 Å². The van der Waals surface area contributed by atoms with Crippen LogP contribution in [0.1, 0.15) is 24.9 Å². The van der Waals surface area contributed by atoms with E-state index < -0.39 is 11.9 Å². The largest absolute Gasteiger partial charge is 0.481 e. The average molecular weight is 283 g/mol. The van der Waals surface area contributed by atoms with Gasteiger partial charge < -0.3 is 10.0 Å². The molecule has 0 spiro atoms. The molecular weight excluding hydrogens is 266 g/mol. The summed E-state index contributed by atoms with van der Waals surface area (Å²) in [5.74, 6) is -1.56. The van der Waals surface area contributed by atoms with Crippen LogP contribution in [0.5, 0.6) is 0 Å². The molecule has 21 heavy (non-hydrogen) atoms. The zero-order valence-corrected chi connectivity index (χ0v) is 11.8. The molecule has 2 atom stereocenters. The topological polar surface area (TPSA) is 57.6 Å². The summed E-state index contributed by atoms with van der Waals surface area (Å²) in [6.07, 6.45) is 0.104. The van der Waals surface area contributed by atoms with Crippen molar-refractivity contribution in [2.75, 3.05) is 6.54 Å². The van der Waals surface area contributed by atoms with Crippen LogP contribution < -0.4 is 0 Å². The molecule has 3 rings (SSSR count). The Kier molecular flexibility index (Phi) is 3.37. The second-order valence-corrected chi connectivity index (χ2v) is 5.57. The summed E-state index contributed by atoms with van der Waals surface area (Å²) in [6.45, 7) is 2.24. The second kappa shape index (κ2) is 5.20. The molecule has 2 unspecified atom stereocenters. The number of fused-ring (bicyclic) bond motifs is 1. The van der Waals surface area contributed by atoms with Crippen LogP contribution in [-0.4, -0.2) is 28.4 Å². The molecule has 1 fully saturated rings. The molecule has 2 aromatic carbocycles. The molecule has 0 aromatic heterocycles. The van der Waals surface area contributed by atoms with E-state index >= 15 is 0 Å². The maximum Gasteiger partial charge on any atom is 0.308 e. The summed E-state index contributed by atoms with van der Waals surface area (Å²) in [7, 11) is 0. The van der Waals surface area contributed by atoms with Crippen LogP contribution in [-0.2, 0) is 9.59 Å². The number of hydrogen-bond acceptors (Lipinski definition) is 2. The minimum Gasteiger partial charge on any atom is -0.481 e. The minimum atomic E-state index is -0.892. The van der Waals surface area contributed by atoms with Gasteiger partial charge in [-0.2, -0.15) is 0 Å². The molecule has 1 heterocycles. The molecular formula is C17H17NO3. The fourth-order valence-corrected chi connectivity index (χ4v) is 2.92. The maximum atomic E-state index is 12.0. The molecule has 108 valence electrons. The number of likely N-dealkylation sites (tertiary alicyclic amines) is 1. The lowest BCUT2D eigenvalue weighted by atomic mass is 10.0. The normalized spacial score (nSPS) is 20.0. The summed E-state index contributed by atoms with van der Waals surface area (Å²) in [5.41, 5.74) is 1.04. The van der Waals surface area contributed by atoms with E-state index in [0.29, 0.717) is 6.54 Å². The van der Waals surface area contributed by atoms with Crippen molar-refractivity contribution in [1.29, 1.82) is 0 Å². The van der Waals surface area contributed by atoms with Crippen LogP contribution >= 0.6 is 0 Å². The van der Waals surface area contributed by atoms with Crippen LogP contribution in [0.15, 0.2) is 42.5 Å². The third-order valence-corrected chi connectivity index (χ3v) is 4.23. The zero-order chi connectivity index (χ0) is 15.0. The van der Waals surface area contributed by atoms with Crippen molar-refractivity contribution in [2.45, 2.75) is 19.4 Å². The van der Waals surface area contributed by atoms with Gasteiger partial charge in [0.1, 0.15) is 0 Å². The Labute approximate surface area is 123 Å². The van der Waals surface area contributed by atoms with Crippen LogP contribution in [0.25, 0.3) is 10.8 Å². The number of hydrogen-bond donors (Lipinski definition) is 1. The van der Waals surface area contributed by atoms with E-state index in [1.807, 2.05) is 43.3 Å². The number of aliphatic carboxylic acids is 1. The summed E-state index contributed by atoms with van der Waals surface area (Å²) in [5, 5.41) is 11.3. The quantitative estimate of drug-likeness (QED) is 0.942. The number of carboxylic acid groups (broad SMARTS) is 1. The van der Waals surface area contributed by atoms with E-state index in [1.54, 1.807) is 4.90 Å². The Morgan fingerprint density at radius 2 is 1.95 bits per heavy atom. The van der Waals surface area contributed by atoms with Gasteiger partial charge in [-0.15, -0.1) is 0 Å². The smallest absolute Gasteiger partial charge is 0.308 e. The average Bonchev–Trinajstić information content (AvgIpc) is 2.88. The highest BCUT2D eigenvalue weighted by molar-refractivity contribution is 5.87. The number of rotatable bonds is 3. The van der Waals surface area contributed by atoms with Gasteiger partial charge in [-0.3, -0.25) is 9.59 Å². The first kappa shape index (κ1) is 13.6. The van der Waals surface area contributed by atoms with Gasteiger partial charge in [0.2, 0.25) is 5.91 Å². The third kappa shape index (κ3) is 2.49. The molecule has 1 aliphatic heterocycles. The van der Waals surface area contributed by atoms with Gasteiger partial charge in [0.15, 0.2) is 0 Å². The highest BCUT2D eigenvalue weighted by Crippen LogP contribution is 2.30. The van der Waals surface area contributed by atoms with Crippen LogP contribution in [0.2, 0.25) is 0 Å². The molecule has 1 N–H and O–H groups in total. The lowest BCUT2D eigenvalue weighted by Gasteiger charge is -2.25. The van der Waals surface area contributed by atoms with E-state index in [9.17, 15) is 9.59 Å². The number of carbonyl (C=O) groups excluding carboxylic acids is 1.